The van der Waals surface area contributed by atoms with E-state index in [1.165, 1.54) is 6.07 Å². The molecule has 0 aliphatic carbocycles. The van der Waals surface area contributed by atoms with Gasteiger partial charge in [0.25, 0.3) is 0 Å². The summed E-state index contributed by atoms with van der Waals surface area (Å²) in [5, 5.41) is 0. The van der Waals surface area contributed by atoms with Crippen LogP contribution in [0, 0.1) is 0 Å². The molecule has 1 aliphatic heterocycles. The van der Waals surface area contributed by atoms with Gasteiger partial charge in [-0.2, -0.15) is 22.0 Å². The van der Waals surface area contributed by atoms with E-state index < -0.39 is 18.0 Å². The fourth-order valence-electron chi connectivity index (χ4n) is 1.82. The minimum absolute atomic E-state index is 0.142. The van der Waals surface area contributed by atoms with E-state index in [0.717, 1.165) is 0 Å². The van der Waals surface area contributed by atoms with Gasteiger partial charge in [0.15, 0.2) is 0 Å². The molecule has 0 spiro atoms. The molecule has 0 fully saturated rings. The quantitative estimate of drug-likeness (QED) is 0.745. The van der Waals surface area contributed by atoms with Crippen LogP contribution in [0.3, 0.4) is 0 Å². The fourth-order valence-corrected chi connectivity index (χ4v) is 1.82. The molecule has 3 nitrogen and oxygen atoms in total. The molecule has 0 saturated carbocycles. The second kappa shape index (κ2) is 4.92. The van der Waals surface area contributed by atoms with Gasteiger partial charge in [-0.25, -0.2) is 0 Å². The molecule has 0 bridgehead atoms. The van der Waals surface area contributed by atoms with Gasteiger partial charge in [-0.15, -0.1) is 0 Å². The molecule has 110 valence electrons. The van der Waals surface area contributed by atoms with Crippen LogP contribution in [0.5, 0.6) is 5.75 Å². The summed E-state index contributed by atoms with van der Waals surface area (Å²) in [6, 6.07) is 6.29. The zero-order valence-electron chi connectivity index (χ0n) is 10.1. The summed E-state index contributed by atoms with van der Waals surface area (Å²) in [5.41, 5.74) is 0.385. The monoisotopic (exact) mass is 295 g/mol. The maximum absolute atomic E-state index is 13.1. The zero-order valence-corrected chi connectivity index (χ0v) is 10.1. The predicted octanol–water partition coefficient (Wildman–Crippen LogP) is 2.61. The van der Waals surface area contributed by atoms with Crippen molar-refractivity contribution in [2.75, 3.05) is 13.2 Å². The number of nitrogens with zero attached hydrogens (tertiary/aromatic N) is 1. The van der Waals surface area contributed by atoms with E-state index >= 15 is 0 Å². The number of halogens is 5. The number of para-hydroxylation sites is 1. The summed E-state index contributed by atoms with van der Waals surface area (Å²) in [6.07, 6.45) is -5.91. The Bertz CT molecular complexity index is 515. The maximum atomic E-state index is 13.1. The van der Waals surface area contributed by atoms with E-state index in [0.29, 0.717) is 16.2 Å². The van der Waals surface area contributed by atoms with Gasteiger partial charge in [0, 0.05) is 12.1 Å². The molecule has 1 amide bonds. The fraction of sp³-hybridized carbons (Fsp3) is 0.417. The Hall–Kier alpha value is -1.86. The molecule has 8 heteroatoms. The van der Waals surface area contributed by atoms with Gasteiger partial charge in [-0.3, -0.25) is 4.79 Å². The number of hydrogen-bond donors (Lipinski definition) is 0. The molecule has 1 heterocycles. The van der Waals surface area contributed by atoms with Gasteiger partial charge in [-0.1, -0.05) is 18.2 Å². The molecule has 0 aromatic heterocycles. The van der Waals surface area contributed by atoms with Crippen LogP contribution in [0.15, 0.2) is 24.3 Å². The molecule has 0 saturated heterocycles. The van der Waals surface area contributed by atoms with Crippen LogP contribution in [0.2, 0.25) is 0 Å². The number of benzene rings is 1. The Kier molecular flexibility index (Phi) is 3.58. The molecule has 20 heavy (non-hydrogen) atoms. The molecule has 0 radical (unpaired) electrons. The summed E-state index contributed by atoms with van der Waals surface area (Å²) in [4.78, 5) is 11.9. The second-order valence-electron chi connectivity index (χ2n) is 4.26. The van der Waals surface area contributed by atoms with Gasteiger partial charge in [-0.05, 0) is 6.07 Å². The van der Waals surface area contributed by atoms with Crippen molar-refractivity contribution in [3.05, 3.63) is 29.8 Å². The van der Waals surface area contributed by atoms with Crippen molar-refractivity contribution < 1.29 is 31.5 Å². The first-order valence-corrected chi connectivity index (χ1v) is 5.68. The average Bonchev–Trinajstić information content (AvgIpc) is 2.58. The van der Waals surface area contributed by atoms with E-state index in [1.807, 2.05) is 0 Å². The standard InChI is InChI=1S/C12H10F5NO2/c13-11(14,12(15,16)17)10(19)18-5-6-20-9-4-2-1-3-8(9)7-18/h1-4H,5-7H2. The lowest BCUT2D eigenvalue weighted by atomic mass is 10.2. The van der Waals surface area contributed by atoms with Crippen molar-refractivity contribution in [2.45, 2.75) is 18.6 Å². The van der Waals surface area contributed by atoms with Gasteiger partial charge in [0.1, 0.15) is 12.4 Å². The summed E-state index contributed by atoms with van der Waals surface area (Å²) in [6.45, 7) is -0.823. The topological polar surface area (TPSA) is 29.5 Å². The van der Waals surface area contributed by atoms with Crippen LogP contribution in [-0.2, 0) is 11.3 Å². The molecular weight excluding hydrogens is 285 g/mol. The van der Waals surface area contributed by atoms with E-state index in [9.17, 15) is 26.7 Å². The highest BCUT2D eigenvalue weighted by molar-refractivity contribution is 5.84. The number of rotatable bonds is 1. The predicted molar refractivity (Wildman–Crippen MR) is 58.4 cm³/mol. The van der Waals surface area contributed by atoms with Crippen molar-refractivity contribution in [3.63, 3.8) is 0 Å². The molecule has 0 unspecified atom stereocenters. The smallest absolute Gasteiger partial charge is 0.463 e. The Balaban J connectivity index is 2.24. The highest BCUT2D eigenvalue weighted by Gasteiger charge is 2.64. The number of carbonyl (C=O) groups is 1. The first-order chi connectivity index (χ1) is 9.23. The third kappa shape index (κ3) is 2.54. The number of alkyl halides is 5. The number of carbonyl (C=O) groups excluding carboxylic acids is 1. The first-order valence-electron chi connectivity index (χ1n) is 5.68. The maximum Gasteiger partial charge on any atom is 0.463 e. The minimum Gasteiger partial charge on any atom is -0.491 e. The van der Waals surface area contributed by atoms with Crippen LogP contribution in [0.4, 0.5) is 22.0 Å². The number of hydrogen-bond acceptors (Lipinski definition) is 2. The molecule has 1 aliphatic rings. The Morgan fingerprint density at radius 3 is 2.45 bits per heavy atom. The summed E-state index contributed by atoms with van der Waals surface area (Å²) in [5.74, 6) is -7.28. The third-order valence-electron chi connectivity index (χ3n) is 2.86. The SMILES string of the molecule is O=C(N1CCOc2ccccc2C1)C(F)(F)C(F)(F)F. The van der Waals surface area contributed by atoms with Crippen LogP contribution >= 0.6 is 0 Å². The number of fused-ring (bicyclic) bond motifs is 1. The average molecular weight is 295 g/mol. The molecule has 1 aromatic carbocycles. The molecule has 0 atom stereocenters. The Morgan fingerprint density at radius 2 is 1.80 bits per heavy atom. The number of amides is 1. The van der Waals surface area contributed by atoms with Gasteiger partial charge in [0.05, 0.1) is 6.54 Å². The van der Waals surface area contributed by atoms with E-state index in [4.69, 9.17) is 4.74 Å². The second-order valence-corrected chi connectivity index (χ2v) is 4.26. The molecule has 1 aromatic rings. The van der Waals surface area contributed by atoms with Crippen LogP contribution in [0.1, 0.15) is 5.56 Å². The van der Waals surface area contributed by atoms with Crippen molar-refractivity contribution in [3.8, 4) is 5.75 Å². The molecular formula is C12H10F5NO2. The molecule has 0 N–H and O–H groups in total. The summed E-state index contributed by atoms with van der Waals surface area (Å²) < 4.78 is 68.0. The van der Waals surface area contributed by atoms with Crippen LogP contribution in [0.25, 0.3) is 0 Å². The normalized spacial score (nSPS) is 16.1. The number of ether oxygens (including phenoxy) is 1. The van der Waals surface area contributed by atoms with E-state index in [1.54, 1.807) is 18.2 Å². The summed E-state index contributed by atoms with van der Waals surface area (Å²) in [7, 11) is 0. The van der Waals surface area contributed by atoms with Crippen molar-refractivity contribution in [1.82, 2.24) is 4.90 Å². The Morgan fingerprint density at radius 1 is 1.15 bits per heavy atom. The molecule has 2 rings (SSSR count). The third-order valence-corrected chi connectivity index (χ3v) is 2.86. The van der Waals surface area contributed by atoms with Gasteiger partial charge in [0.2, 0.25) is 0 Å². The lowest BCUT2D eigenvalue weighted by Gasteiger charge is -2.26. The zero-order chi connectivity index (χ0) is 15.0. The Labute approximate surface area is 110 Å². The van der Waals surface area contributed by atoms with Crippen molar-refractivity contribution >= 4 is 5.91 Å². The highest BCUT2D eigenvalue weighted by atomic mass is 19.4. The van der Waals surface area contributed by atoms with E-state index in [2.05, 4.69) is 0 Å². The van der Waals surface area contributed by atoms with Crippen molar-refractivity contribution in [1.29, 1.82) is 0 Å². The van der Waals surface area contributed by atoms with Crippen LogP contribution < -0.4 is 4.74 Å². The largest absolute Gasteiger partial charge is 0.491 e. The van der Waals surface area contributed by atoms with Crippen molar-refractivity contribution in [2.24, 2.45) is 0 Å². The lowest BCUT2D eigenvalue weighted by Crippen LogP contribution is -2.52. The van der Waals surface area contributed by atoms with Gasteiger partial charge >= 0.3 is 18.0 Å². The first kappa shape index (κ1) is 14.5. The van der Waals surface area contributed by atoms with Crippen LogP contribution in [-0.4, -0.2) is 36.1 Å². The van der Waals surface area contributed by atoms with Gasteiger partial charge < -0.3 is 9.64 Å². The lowest BCUT2D eigenvalue weighted by molar-refractivity contribution is -0.274. The highest BCUT2D eigenvalue weighted by Crippen LogP contribution is 2.37. The minimum atomic E-state index is -5.91. The summed E-state index contributed by atoms with van der Waals surface area (Å²) >= 11 is 0. The van der Waals surface area contributed by atoms with E-state index in [-0.39, 0.29) is 19.7 Å².